The number of aliphatic hydroxyl groups is 2. The van der Waals surface area contributed by atoms with Crippen molar-refractivity contribution in [2.24, 2.45) is 0 Å². The van der Waals surface area contributed by atoms with Gasteiger partial charge < -0.3 is 20.3 Å². The molecule has 0 aromatic rings. The Kier molecular flexibility index (Phi) is 39.7. The molecule has 0 aliphatic heterocycles. The first-order valence-corrected chi connectivity index (χ1v) is 22.9. The number of ether oxygens (including phenoxy) is 1. The molecule has 0 rings (SSSR count). The van der Waals surface area contributed by atoms with E-state index >= 15 is 0 Å². The molecule has 0 aromatic carbocycles. The van der Waals surface area contributed by atoms with Gasteiger partial charge in [-0.1, -0.05) is 193 Å². The number of unbranched alkanes of at least 4 members (excludes halogenated alkanes) is 27. The van der Waals surface area contributed by atoms with Gasteiger partial charge in [-0.3, -0.25) is 9.59 Å². The van der Waals surface area contributed by atoms with Crippen LogP contribution in [-0.4, -0.2) is 46.9 Å². The number of hydrogen-bond acceptors (Lipinski definition) is 5. The van der Waals surface area contributed by atoms with Gasteiger partial charge in [0.15, 0.2) is 0 Å². The average molecular weight is 736 g/mol. The number of carbonyl (C=O) groups is 2. The van der Waals surface area contributed by atoms with Crippen molar-refractivity contribution in [2.45, 2.75) is 264 Å². The van der Waals surface area contributed by atoms with E-state index in [4.69, 9.17) is 4.74 Å². The van der Waals surface area contributed by atoms with Crippen LogP contribution < -0.4 is 5.32 Å². The molecule has 52 heavy (non-hydrogen) atoms. The second-order valence-corrected chi connectivity index (χ2v) is 15.8. The highest BCUT2D eigenvalue weighted by Crippen LogP contribution is 2.17. The van der Waals surface area contributed by atoms with E-state index in [1.165, 1.54) is 135 Å². The number of hydrogen-bond donors (Lipinski definition) is 3. The van der Waals surface area contributed by atoms with Gasteiger partial charge in [-0.05, 0) is 51.4 Å². The maximum Gasteiger partial charge on any atom is 0.306 e. The van der Waals surface area contributed by atoms with Crippen LogP contribution in [0.15, 0.2) is 12.2 Å². The highest BCUT2D eigenvalue weighted by Gasteiger charge is 2.24. The lowest BCUT2D eigenvalue weighted by Gasteiger charge is -2.24. The summed E-state index contributed by atoms with van der Waals surface area (Å²) in [6, 6.07) is -0.697. The van der Waals surface area contributed by atoms with Gasteiger partial charge in [0.2, 0.25) is 5.91 Å². The Morgan fingerprint density at radius 1 is 0.538 bits per heavy atom. The molecular formula is C46H89NO5. The second kappa shape index (κ2) is 40.8. The molecule has 308 valence electrons. The third kappa shape index (κ3) is 35.6. The van der Waals surface area contributed by atoms with Crippen LogP contribution in [0, 0.1) is 0 Å². The Balaban J connectivity index is 4.52. The van der Waals surface area contributed by atoms with Crippen molar-refractivity contribution in [3.63, 3.8) is 0 Å². The topological polar surface area (TPSA) is 95.9 Å². The normalized spacial score (nSPS) is 13.4. The molecule has 0 aliphatic rings. The molecule has 0 radical (unpaired) electrons. The standard InChI is InChI=1S/C46H89NO5/c1-4-7-10-13-16-19-22-23-24-26-29-32-35-38-44(49)43(41-48)47-45(50)40-42(37-34-31-28-25-20-17-14-11-8-5-2)52-46(51)39-36-33-30-27-21-18-15-12-9-6-3/h17,20,42-44,48-49H,4-16,18-19,21-41H2,1-3H3,(H,47,50)/b20-17-. The molecule has 3 unspecified atom stereocenters. The fraction of sp³-hybridized carbons (Fsp3) is 0.913. The molecular weight excluding hydrogens is 647 g/mol. The number of rotatable bonds is 41. The van der Waals surface area contributed by atoms with E-state index in [1.54, 1.807) is 0 Å². The van der Waals surface area contributed by atoms with Crippen LogP contribution in [0.2, 0.25) is 0 Å². The maximum atomic E-state index is 13.1. The minimum absolute atomic E-state index is 0.0725. The molecule has 0 saturated heterocycles. The van der Waals surface area contributed by atoms with Crippen molar-refractivity contribution in [2.75, 3.05) is 6.61 Å². The van der Waals surface area contributed by atoms with Crippen LogP contribution in [0.1, 0.15) is 245 Å². The Morgan fingerprint density at radius 2 is 0.923 bits per heavy atom. The number of esters is 1. The lowest BCUT2D eigenvalue weighted by molar-refractivity contribution is -0.151. The minimum atomic E-state index is -0.783. The molecule has 1 amide bonds. The van der Waals surface area contributed by atoms with Crippen molar-refractivity contribution in [1.82, 2.24) is 5.32 Å². The van der Waals surface area contributed by atoms with Crippen LogP contribution in [0.5, 0.6) is 0 Å². The van der Waals surface area contributed by atoms with Crippen molar-refractivity contribution >= 4 is 11.9 Å². The summed E-state index contributed by atoms with van der Waals surface area (Å²) >= 11 is 0. The minimum Gasteiger partial charge on any atom is -0.462 e. The molecule has 0 heterocycles. The zero-order chi connectivity index (χ0) is 38.2. The van der Waals surface area contributed by atoms with Crippen LogP contribution in [0.25, 0.3) is 0 Å². The molecule has 0 aromatic heterocycles. The highest BCUT2D eigenvalue weighted by atomic mass is 16.5. The number of carbonyl (C=O) groups excluding carboxylic acids is 2. The van der Waals surface area contributed by atoms with Gasteiger partial charge in [-0.2, -0.15) is 0 Å². The maximum absolute atomic E-state index is 13.1. The summed E-state index contributed by atoms with van der Waals surface area (Å²) in [4.78, 5) is 25.9. The predicted molar refractivity (Wildman–Crippen MR) is 223 cm³/mol. The third-order valence-corrected chi connectivity index (χ3v) is 10.6. The van der Waals surface area contributed by atoms with E-state index in [-0.39, 0.29) is 24.9 Å². The molecule has 6 heteroatoms. The molecule has 3 atom stereocenters. The van der Waals surface area contributed by atoms with Crippen LogP contribution >= 0.6 is 0 Å². The summed E-state index contributed by atoms with van der Waals surface area (Å²) < 4.78 is 5.88. The fourth-order valence-corrected chi connectivity index (χ4v) is 7.07. The third-order valence-electron chi connectivity index (χ3n) is 10.6. The zero-order valence-electron chi connectivity index (χ0n) is 35.0. The first-order valence-electron chi connectivity index (χ1n) is 22.9. The van der Waals surface area contributed by atoms with Crippen molar-refractivity contribution in [3.8, 4) is 0 Å². The van der Waals surface area contributed by atoms with Crippen LogP contribution in [0.4, 0.5) is 0 Å². The van der Waals surface area contributed by atoms with Gasteiger partial charge in [0, 0.05) is 6.42 Å². The summed E-state index contributed by atoms with van der Waals surface area (Å²) in [5.74, 6) is -0.483. The van der Waals surface area contributed by atoms with Crippen molar-refractivity contribution in [3.05, 3.63) is 12.2 Å². The first-order chi connectivity index (χ1) is 25.5. The lowest BCUT2D eigenvalue weighted by Crippen LogP contribution is -2.46. The Morgan fingerprint density at radius 3 is 1.40 bits per heavy atom. The van der Waals surface area contributed by atoms with E-state index in [2.05, 4.69) is 38.2 Å². The molecule has 0 fully saturated rings. The monoisotopic (exact) mass is 736 g/mol. The van der Waals surface area contributed by atoms with E-state index in [0.29, 0.717) is 19.3 Å². The van der Waals surface area contributed by atoms with Crippen LogP contribution in [-0.2, 0) is 14.3 Å². The van der Waals surface area contributed by atoms with Gasteiger partial charge >= 0.3 is 5.97 Å². The summed E-state index contributed by atoms with van der Waals surface area (Å²) in [6.07, 6.45) is 42.7. The van der Waals surface area contributed by atoms with E-state index in [0.717, 1.165) is 64.2 Å². The van der Waals surface area contributed by atoms with E-state index in [9.17, 15) is 19.8 Å². The largest absolute Gasteiger partial charge is 0.462 e. The van der Waals surface area contributed by atoms with Crippen molar-refractivity contribution < 1.29 is 24.5 Å². The number of allylic oxidation sites excluding steroid dienone is 2. The van der Waals surface area contributed by atoms with Gasteiger partial charge in [0.25, 0.3) is 0 Å². The van der Waals surface area contributed by atoms with Crippen molar-refractivity contribution in [1.29, 1.82) is 0 Å². The Bertz CT molecular complexity index is 787. The number of amides is 1. The SMILES string of the molecule is CCCCC/C=C\CCCCCC(CC(=O)NC(CO)C(O)CCCCCCCCCCCCCCC)OC(=O)CCCCCCCCCCCC. The zero-order valence-corrected chi connectivity index (χ0v) is 35.0. The fourth-order valence-electron chi connectivity index (χ4n) is 7.07. The summed E-state index contributed by atoms with van der Waals surface area (Å²) in [6.45, 7) is 6.43. The number of aliphatic hydroxyl groups excluding tert-OH is 2. The first kappa shape index (κ1) is 50.6. The quantitative estimate of drug-likeness (QED) is 0.0330. The van der Waals surface area contributed by atoms with Gasteiger partial charge in [0.1, 0.15) is 6.10 Å². The smallest absolute Gasteiger partial charge is 0.306 e. The average Bonchev–Trinajstić information content (AvgIpc) is 3.13. The molecule has 6 nitrogen and oxygen atoms in total. The van der Waals surface area contributed by atoms with Gasteiger partial charge in [-0.15, -0.1) is 0 Å². The Hall–Kier alpha value is -1.40. The summed E-state index contributed by atoms with van der Waals surface area (Å²) in [5.41, 5.74) is 0. The predicted octanol–water partition coefficient (Wildman–Crippen LogP) is 13.0. The van der Waals surface area contributed by atoms with Gasteiger partial charge in [-0.25, -0.2) is 0 Å². The number of nitrogens with one attached hydrogen (secondary N) is 1. The van der Waals surface area contributed by atoms with Gasteiger partial charge in [0.05, 0.1) is 25.2 Å². The molecule has 0 spiro atoms. The molecule has 3 N–H and O–H groups in total. The Labute approximate surface area is 323 Å². The molecule has 0 bridgehead atoms. The summed E-state index contributed by atoms with van der Waals surface area (Å²) in [5, 5.41) is 23.6. The molecule has 0 aliphatic carbocycles. The van der Waals surface area contributed by atoms with Crippen LogP contribution in [0.3, 0.4) is 0 Å². The van der Waals surface area contributed by atoms with E-state index in [1.807, 2.05) is 0 Å². The molecule has 0 saturated carbocycles. The summed E-state index contributed by atoms with van der Waals surface area (Å²) in [7, 11) is 0. The van der Waals surface area contributed by atoms with E-state index < -0.39 is 18.2 Å². The second-order valence-electron chi connectivity index (χ2n) is 15.8. The lowest BCUT2D eigenvalue weighted by atomic mass is 10.0. The highest BCUT2D eigenvalue weighted by molar-refractivity contribution is 5.77.